The Labute approximate surface area is 143 Å². The Bertz CT molecular complexity index is 804. The fourth-order valence-corrected chi connectivity index (χ4v) is 3.67. The SMILES string of the molecule is COc1cccc2c1OCC(C(=O)Nc1nc3c(s1)COCC3)=C2. The predicted octanol–water partition coefficient (Wildman–Crippen LogP) is 2.64. The van der Waals surface area contributed by atoms with E-state index in [-0.39, 0.29) is 12.5 Å². The molecule has 24 heavy (non-hydrogen) atoms. The lowest BCUT2D eigenvalue weighted by Crippen LogP contribution is -2.21. The van der Waals surface area contributed by atoms with E-state index in [0.29, 0.717) is 35.4 Å². The minimum atomic E-state index is -0.199. The van der Waals surface area contributed by atoms with Gasteiger partial charge in [-0.25, -0.2) is 4.98 Å². The van der Waals surface area contributed by atoms with E-state index >= 15 is 0 Å². The molecule has 0 saturated heterocycles. The molecule has 2 aliphatic heterocycles. The first-order chi connectivity index (χ1) is 11.7. The highest BCUT2D eigenvalue weighted by molar-refractivity contribution is 7.15. The lowest BCUT2D eigenvalue weighted by molar-refractivity contribution is -0.113. The van der Waals surface area contributed by atoms with Crippen LogP contribution in [0.25, 0.3) is 6.08 Å². The van der Waals surface area contributed by atoms with Gasteiger partial charge >= 0.3 is 0 Å². The Morgan fingerprint density at radius 1 is 1.38 bits per heavy atom. The number of rotatable bonds is 3. The molecule has 6 nitrogen and oxygen atoms in total. The second-order valence-electron chi connectivity index (χ2n) is 5.48. The zero-order valence-electron chi connectivity index (χ0n) is 13.1. The average molecular weight is 344 g/mol. The highest BCUT2D eigenvalue weighted by atomic mass is 32.1. The van der Waals surface area contributed by atoms with Crippen LogP contribution in [-0.2, 0) is 22.6 Å². The van der Waals surface area contributed by atoms with Gasteiger partial charge < -0.3 is 14.2 Å². The average Bonchev–Trinajstić information content (AvgIpc) is 3.02. The molecule has 0 saturated carbocycles. The summed E-state index contributed by atoms with van der Waals surface area (Å²) < 4.78 is 16.4. The van der Waals surface area contributed by atoms with Crippen molar-refractivity contribution in [2.24, 2.45) is 0 Å². The van der Waals surface area contributed by atoms with Gasteiger partial charge in [0.2, 0.25) is 0 Å². The van der Waals surface area contributed by atoms with Gasteiger partial charge in [-0.3, -0.25) is 10.1 Å². The molecule has 0 fully saturated rings. The van der Waals surface area contributed by atoms with Gasteiger partial charge in [-0.15, -0.1) is 0 Å². The number of aromatic nitrogens is 1. The summed E-state index contributed by atoms with van der Waals surface area (Å²) >= 11 is 1.46. The van der Waals surface area contributed by atoms with Crippen LogP contribution in [0.5, 0.6) is 11.5 Å². The molecule has 0 spiro atoms. The summed E-state index contributed by atoms with van der Waals surface area (Å²) in [6, 6.07) is 5.59. The first-order valence-corrected chi connectivity index (χ1v) is 8.44. The van der Waals surface area contributed by atoms with Crippen molar-refractivity contribution in [3.63, 3.8) is 0 Å². The van der Waals surface area contributed by atoms with Crippen LogP contribution in [-0.4, -0.2) is 31.2 Å². The third kappa shape index (κ3) is 2.76. The van der Waals surface area contributed by atoms with Crippen LogP contribution >= 0.6 is 11.3 Å². The highest BCUT2D eigenvalue weighted by Crippen LogP contribution is 2.36. The summed E-state index contributed by atoms with van der Waals surface area (Å²) in [7, 11) is 1.60. The van der Waals surface area contributed by atoms with E-state index in [0.717, 1.165) is 22.6 Å². The second-order valence-corrected chi connectivity index (χ2v) is 6.57. The molecular formula is C17H16N2O4S. The molecule has 0 unspecified atom stereocenters. The van der Waals surface area contributed by atoms with Crippen LogP contribution in [0, 0.1) is 0 Å². The van der Waals surface area contributed by atoms with Gasteiger partial charge in [-0.05, 0) is 12.1 Å². The Morgan fingerprint density at radius 3 is 3.12 bits per heavy atom. The first-order valence-electron chi connectivity index (χ1n) is 7.62. The van der Waals surface area contributed by atoms with Crippen molar-refractivity contribution in [1.29, 1.82) is 0 Å². The number of fused-ring (bicyclic) bond motifs is 2. The van der Waals surface area contributed by atoms with E-state index in [4.69, 9.17) is 14.2 Å². The predicted molar refractivity (Wildman–Crippen MR) is 90.6 cm³/mol. The number of methoxy groups -OCH3 is 1. The third-order valence-electron chi connectivity index (χ3n) is 3.94. The summed E-state index contributed by atoms with van der Waals surface area (Å²) in [6.07, 6.45) is 2.62. The number of hydrogen-bond donors (Lipinski definition) is 1. The number of benzene rings is 1. The van der Waals surface area contributed by atoms with Gasteiger partial charge in [0, 0.05) is 12.0 Å². The molecule has 4 rings (SSSR count). The summed E-state index contributed by atoms with van der Waals surface area (Å²) in [6.45, 7) is 1.46. The second kappa shape index (κ2) is 6.26. The van der Waals surface area contributed by atoms with E-state index in [9.17, 15) is 4.79 Å². The normalized spacial score (nSPS) is 15.6. The number of thiazole rings is 1. The molecular weight excluding hydrogens is 328 g/mol. The molecule has 0 radical (unpaired) electrons. The largest absolute Gasteiger partial charge is 0.493 e. The summed E-state index contributed by atoms with van der Waals surface area (Å²) in [5.41, 5.74) is 2.41. The number of carbonyl (C=O) groups excluding carboxylic acids is 1. The molecule has 1 aromatic carbocycles. The van der Waals surface area contributed by atoms with Crippen LogP contribution in [0.1, 0.15) is 16.1 Å². The van der Waals surface area contributed by atoms with Crippen molar-refractivity contribution >= 4 is 28.5 Å². The molecule has 1 aromatic heterocycles. The Hall–Kier alpha value is -2.38. The van der Waals surface area contributed by atoms with Crippen molar-refractivity contribution < 1.29 is 19.0 Å². The molecule has 0 aliphatic carbocycles. The first kappa shape index (κ1) is 15.2. The van der Waals surface area contributed by atoms with Crippen molar-refractivity contribution in [2.75, 3.05) is 25.6 Å². The minimum Gasteiger partial charge on any atom is -0.493 e. The monoisotopic (exact) mass is 344 g/mol. The van der Waals surface area contributed by atoms with Crippen LogP contribution in [0.4, 0.5) is 5.13 Å². The van der Waals surface area contributed by atoms with Gasteiger partial charge in [0.25, 0.3) is 5.91 Å². The maximum absolute atomic E-state index is 12.5. The molecule has 124 valence electrons. The lowest BCUT2D eigenvalue weighted by Gasteiger charge is -2.19. The van der Waals surface area contributed by atoms with Crippen LogP contribution in [0.15, 0.2) is 23.8 Å². The highest BCUT2D eigenvalue weighted by Gasteiger charge is 2.22. The van der Waals surface area contributed by atoms with Crippen LogP contribution in [0.3, 0.4) is 0 Å². The van der Waals surface area contributed by atoms with Crippen molar-refractivity contribution in [3.05, 3.63) is 39.9 Å². The fraction of sp³-hybridized carbons (Fsp3) is 0.294. The third-order valence-corrected chi connectivity index (χ3v) is 4.92. The van der Waals surface area contributed by atoms with E-state index in [1.807, 2.05) is 24.3 Å². The number of para-hydroxylation sites is 1. The molecule has 1 amide bonds. The standard InChI is InChI=1S/C17H16N2O4S/c1-21-13-4-2-3-10-7-11(8-23-15(10)13)16(20)19-17-18-12-5-6-22-9-14(12)24-17/h2-4,7H,5-6,8-9H2,1H3,(H,18,19,20). The number of nitrogens with one attached hydrogen (secondary N) is 1. The molecule has 7 heteroatoms. The van der Waals surface area contributed by atoms with Crippen molar-refractivity contribution in [2.45, 2.75) is 13.0 Å². The summed E-state index contributed by atoms with van der Waals surface area (Å²) in [5.74, 6) is 1.13. The van der Waals surface area contributed by atoms with Crippen molar-refractivity contribution in [1.82, 2.24) is 4.98 Å². The molecule has 3 heterocycles. The van der Waals surface area contributed by atoms with Crippen molar-refractivity contribution in [3.8, 4) is 11.5 Å². The van der Waals surface area contributed by atoms with Gasteiger partial charge in [0.05, 0.1) is 36.5 Å². The number of anilines is 1. The Balaban J connectivity index is 1.54. The lowest BCUT2D eigenvalue weighted by atomic mass is 10.1. The molecule has 0 atom stereocenters. The van der Waals surface area contributed by atoms with Crippen LogP contribution < -0.4 is 14.8 Å². The van der Waals surface area contributed by atoms with Gasteiger partial charge in [-0.2, -0.15) is 0 Å². The maximum Gasteiger partial charge on any atom is 0.256 e. The van der Waals surface area contributed by atoms with Gasteiger partial charge in [0.1, 0.15) is 6.61 Å². The van der Waals surface area contributed by atoms with E-state index in [2.05, 4.69) is 10.3 Å². The zero-order chi connectivity index (χ0) is 16.5. The molecule has 0 bridgehead atoms. The number of nitrogens with zero attached hydrogens (tertiary/aromatic N) is 1. The summed E-state index contributed by atoms with van der Waals surface area (Å²) in [4.78, 5) is 18.0. The van der Waals surface area contributed by atoms with E-state index in [1.165, 1.54) is 11.3 Å². The molecule has 2 aromatic rings. The zero-order valence-corrected chi connectivity index (χ0v) is 13.9. The number of amides is 1. The molecule has 2 aliphatic rings. The van der Waals surface area contributed by atoms with E-state index < -0.39 is 0 Å². The Morgan fingerprint density at radius 2 is 2.29 bits per heavy atom. The van der Waals surface area contributed by atoms with Gasteiger partial charge in [-0.1, -0.05) is 23.5 Å². The number of carbonyl (C=O) groups is 1. The molecule has 1 N–H and O–H groups in total. The Kier molecular flexibility index (Phi) is 3.95. The quantitative estimate of drug-likeness (QED) is 0.927. The van der Waals surface area contributed by atoms with E-state index in [1.54, 1.807) is 7.11 Å². The number of ether oxygens (including phenoxy) is 3. The maximum atomic E-state index is 12.5. The minimum absolute atomic E-state index is 0.199. The van der Waals surface area contributed by atoms with Gasteiger partial charge in [0.15, 0.2) is 16.6 Å². The number of hydrogen-bond acceptors (Lipinski definition) is 6. The summed E-state index contributed by atoms with van der Waals surface area (Å²) in [5, 5.41) is 3.47. The smallest absolute Gasteiger partial charge is 0.256 e. The topological polar surface area (TPSA) is 69.7 Å². The fourth-order valence-electron chi connectivity index (χ4n) is 2.73. The van der Waals surface area contributed by atoms with Crippen LogP contribution in [0.2, 0.25) is 0 Å².